The van der Waals surface area contributed by atoms with Crippen LogP contribution in [0.4, 0.5) is 0 Å². The van der Waals surface area contributed by atoms with Crippen molar-refractivity contribution in [3.63, 3.8) is 0 Å². The Balaban J connectivity index is 1.59. The number of aromatic nitrogens is 3. The van der Waals surface area contributed by atoms with E-state index in [4.69, 9.17) is 20.8 Å². The summed E-state index contributed by atoms with van der Waals surface area (Å²) in [6, 6.07) is 18.6. The third kappa shape index (κ3) is 4.92. The minimum Gasteiger partial charge on any atom is -0.497 e. The first-order valence-electron chi connectivity index (χ1n) is 9.42. The lowest BCUT2D eigenvalue weighted by atomic mass is 10.2. The average molecular weight is 455 g/mol. The van der Waals surface area contributed by atoms with Gasteiger partial charge in [-0.15, -0.1) is 10.2 Å². The Morgan fingerprint density at radius 2 is 1.94 bits per heavy atom. The summed E-state index contributed by atoms with van der Waals surface area (Å²) in [5, 5.41) is 12.7. The summed E-state index contributed by atoms with van der Waals surface area (Å²) < 4.78 is 12.4. The number of methoxy groups -OCH3 is 1. The van der Waals surface area contributed by atoms with Crippen LogP contribution in [0.25, 0.3) is 17.1 Å². The molecule has 0 spiro atoms. The molecule has 2 aromatic carbocycles. The first-order valence-corrected chi connectivity index (χ1v) is 10.8. The van der Waals surface area contributed by atoms with Crippen LogP contribution >= 0.6 is 23.4 Å². The van der Waals surface area contributed by atoms with Gasteiger partial charge in [-0.1, -0.05) is 35.5 Å². The van der Waals surface area contributed by atoms with Crippen molar-refractivity contribution in [3.05, 3.63) is 77.7 Å². The SMILES string of the molecule is COc1ccc(-n2c(SCC(=O)NCc3ccco3)nnc2-c2ccccc2Cl)cc1. The number of furan rings is 1. The molecule has 1 N–H and O–H groups in total. The fraction of sp³-hybridized carbons (Fsp3) is 0.136. The molecule has 2 aromatic heterocycles. The number of rotatable bonds is 8. The van der Waals surface area contributed by atoms with Crippen molar-refractivity contribution in [2.24, 2.45) is 0 Å². The number of hydrogen-bond acceptors (Lipinski definition) is 6. The zero-order valence-corrected chi connectivity index (χ0v) is 18.2. The van der Waals surface area contributed by atoms with E-state index in [0.29, 0.717) is 28.3 Å². The smallest absolute Gasteiger partial charge is 0.230 e. The Hall–Kier alpha value is -3.23. The van der Waals surface area contributed by atoms with Crippen molar-refractivity contribution in [2.75, 3.05) is 12.9 Å². The number of amides is 1. The quantitative estimate of drug-likeness (QED) is 0.392. The predicted octanol–water partition coefficient (Wildman–Crippen LogP) is 4.60. The van der Waals surface area contributed by atoms with Gasteiger partial charge in [0.2, 0.25) is 5.91 Å². The van der Waals surface area contributed by atoms with Gasteiger partial charge in [-0.3, -0.25) is 9.36 Å². The lowest BCUT2D eigenvalue weighted by molar-refractivity contribution is -0.118. The highest BCUT2D eigenvalue weighted by Gasteiger charge is 2.19. The molecule has 0 saturated carbocycles. The van der Waals surface area contributed by atoms with Gasteiger partial charge in [-0.2, -0.15) is 0 Å². The molecule has 0 atom stereocenters. The molecule has 4 aromatic rings. The van der Waals surface area contributed by atoms with Gasteiger partial charge in [-0.05, 0) is 48.5 Å². The summed E-state index contributed by atoms with van der Waals surface area (Å²) in [5.74, 6) is 2.07. The van der Waals surface area contributed by atoms with Crippen LogP contribution in [0.2, 0.25) is 5.02 Å². The molecular weight excluding hydrogens is 436 g/mol. The fourth-order valence-electron chi connectivity index (χ4n) is 2.92. The Morgan fingerprint density at radius 3 is 2.65 bits per heavy atom. The van der Waals surface area contributed by atoms with E-state index >= 15 is 0 Å². The highest BCUT2D eigenvalue weighted by atomic mass is 35.5. The Labute approximate surface area is 188 Å². The molecule has 31 heavy (non-hydrogen) atoms. The summed E-state index contributed by atoms with van der Waals surface area (Å²) in [6.07, 6.45) is 1.57. The molecule has 4 rings (SSSR count). The second kappa shape index (κ2) is 9.72. The summed E-state index contributed by atoms with van der Waals surface area (Å²) in [4.78, 5) is 12.3. The number of halogens is 1. The summed E-state index contributed by atoms with van der Waals surface area (Å²) in [6.45, 7) is 0.336. The fourth-order valence-corrected chi connectivity index (χ4v) is 3.93. The molecule has 9 heteroatoms. The van der Waals surface area contributed by atoms with Gasteiger partial charge in [0.05, 0.1) is 30.7 Å². The first-order chi connectivity index (χ1) is 15.2. The molecule has 0 unspecified atom stereocenters. The van der Waals surface area contributed by atoms with Gasteiger partial charge in [0.25, 0.3) is 0 Å². The van der Waals surface area contributed by atoms with E-state index in [1.165, 1.54) is 11.8 Å². The number of carbonyl (C=O) groups excluding carboxylic acids is 1. The molecule has 0 fully saturated rings. The zero-order valence-electron chi connectivity index (χ0n) is 16.6. The normalized spacial score (nSPS) is 10.8. The molecule has 0 saturated heterocycles. The van der Waals surface area contributed by atoms with Crippen LogP contribution in [0.15, 0.2) is 76.5 Å². The van der Waals surface area contributed by atoms with Crippen LogP contribution < -0.4 is 10.1 Å². The Bertz CT molecular complexity index is 1160. The second-order valence-corrected chi connectivity index (χ2v) is 7.81. The van der Waals surface area contributed by atoms with Crippen LogP contribution in [0.3, 0.4) is 0 Å². The van der Waals surface area contributed by atoms with E-state index < -0.39 is 0 Å². The molecule has 158 valence electrons. The number of thioether (sulfide) groups is 1. The summed E-state index contributed by atoms with van der Waals surface area (Å²) in [7, 11) is 1.62. The highest BCUT2D eigenvalue weighted by molar-refractivity contribution is 7.99. The van der Waals surface area contributed by atoms with Crippen LogP contribution in [0.1, 0.15) is 5.76 Å². The number of nitrogens with one attached hydrogen (secondary N) is 1. The van der Waals surface area contributed by atoms with Crippen LogP contribution in [0.5, 0.6) is 5.75 Å². The number of nitrogens with zero attached hydrogens (tertiary/aromatic N) is 3. The zero-order chi connectivity index (χ0) is 21.6. The van der Waals surface area contributed by atoms with Gasteiger partial charge in [0.15, 0.2) is 11.0 Å². The molecular formula is C22H19ClN4O3S. The van der Waals surface area contributed by atoms with Crippen molar-refractivity contribution in [2.45, 2.75) is 11.7 Å². The van der Waals surface area contributed by atoms with Crippen LogP contribution in [-0.2, 0) is 11.3 Å². The third-order valence-corrected chi connectivity index (χ3v) is 5.71. The Kier molecular flexibility index (Phi) is 6.59. The van der Waals surface area contributed by atoms with Crippen LogP contribution in [-0.4, -0.2) is 33.5 Å². The minimum absolute atomic E-state index is 0.134. The van der Waals surface area contributed by atoms with Crippen molar-refractivity contribution < 1.29 is 13.9 Å². The van der Waals surface area contributed by atoms with E-state index in [9.17, 15) is 4.79 Å². The number of carbonyl (C=O) groups is 1. The molecule has 1 amide bonds. The lowest BCUT2D eigenvalue weighted by Gasteiger charge is -2.12. The minimum atomic E-state index is -0.134. The van der Waals surface area contributed by atoms with Crippen molar-refractivity contribution in [3.8, 4) is 22.8 Å². The number of benzene rings is 2. The van der Waals surface area contributed by atoms with E-state index in [1.54, 1.807) is 25.5 Å². The monoisotopic (exact) mass is 454 g/mol. The van der Waals surface area contributed by atoms with E-state index in [0.717, 1.165) is 17.0 Å². The van der Waals surface area contributed by atoms with Crippen molar-refractivity contribution >= 4 is 29.3 Å². The number of ether oxygens (including phenoxy) is 1. The topological polar surface area (TPSA) is 82.2 Å². The van der Waals surface area contributed by atoms with Gasteiger partial charge in [0.1, 0.15) is 11.5 Å². The lowest BCUT2D eigenvalue weighted by Crippen LogP contribution is -2.24. The molecule has 0 aliphatic heterocycles. The molecule has 0 aliphatic rings. The van der Waals surface area contributed by atoms with Crippen LogP contribution in [0, 0.1) is 0 Å². The van der Waals surface area contributed by atoms with Gasteiger partial charge < -0.3 is 14.5 Å². The summed E-state index contributed by atoms with van der Waals surface area (Å²) in [5.41, 5.74) is 1.58. The third-order valence-electron chi connectivity index (χ3n) is 4.45. The van der Waals surface area contributed by atoms with E-state index in [2.05, 4.69) is 15.5 Å². The van der Waals surface area contributed by atoms with Gasteiger partial charge in [0, 0.05) is 11.3 Å². The Morgan fingerprint density at radius 1 is 1.13 bits per heavy atom. The highest BCUT2D eigenvalue weighted by Crippen LogP contribution is 2.32. The largest absolute Gasteiger partial charge is 0.497 e. The van der Waals surface area contributed by atoms with E-state index in [1.807, 2.05) is 53.1 Å². The standard InChI is InChI=1S/C22H19ClN4O3S/c1-29-16-10-8-15(9-11-16)27-21(18-6-2-3-7-19(18)23)25-26-22(27)31-14-20(28)24-13-17-5-4-12-30-17/h2-12H,13-14H2,1H3,(H,24,28). The van der Waals surface area contributed by atoms with E-state index in [-0.39, 0.29) is 11.7 Å². The average Bonchev–Trinajstić information content (AvgIpc) is 3.47. The summed E-state index contributed by atoms with van der Waals surface area (Å²) >= 11 is 7.70. The first kappa shape index (κ1) is 21.0. The molecule has 7 nitrogen and oxygen atoms in total. The van der Waals surface area contributed by atoms with Crippen molar-refractivity contribution in [1.82, 2.24) is 20.1 Å². The predicted molar refractivity (Wildman–Crippen MR) is 120 cm³/mol. The maximum atomic E-state index is 12.3. The number of hydrogen-bond donors (Lipinski definition) is 1. The second-order valence-electron chi connectivity index (χ2n) is 6.46. The maximum absolute atomic E-state index is 12.3. The van der Waals surface area contributed by atoms with Gasteiger partial charge >= 0.3 is 0 Å². The molecule has 0 radical (unpaired) electrons. The molecule has 0 aliphatic carbocycles. The van der Waals surface area contributed by atoms with Crippen molar-refractivity contribution in [1.29, 1.82) is 0 Å². The maximum Gasteiger partial charge on any atom is 0.230 e. The van der Waals surface area contributed by atoms with Gasteiger partial charge in [-0.25, -0.2) is 0 Å². The molecule has 2 heterocycles. The molecule has 0 bridgehead atoms.